The van der Waals surface area contributed by atoms with Crippen molar-refractivity contribution in [2.45, 2.75) is 38.8 Å². The highest BCUT2D eigenvalue weighted by molar-refractivity contribution is 5.68. The van der Waals surface area contributed by atoms with Crippen molar-refractivity contribution in [3.8, 4) is 16.9 Å². The van der Waals surface area contributed by atoms with Crippen LogP contribution in [0.15, 0.2) is 60.9 Å². The largest absolute Gasteiger partial charge is 0.482 e. The number of rotatable bonds is 10. The Morgan fingerprint density at radius 1 is 1.11 bits per heavy atom. The average Bonchev–Trinajstić information content (AvgIpc) is 2.87. The summed E-state index contributed by atoms with van der Waals surface area (Å²) in [4.78, 5) is 24.7. The third kappa shape index (κ3) is 6.76. The number of carbonyl (C=O) groups is 1. The maximum atomic E-state index is 13.6. The first-order valence-corrected chi connectivity index (χ1v) is 12.0. The molecule has 1 aliphatic rings. The molecule has 0 unspecified atom stereocenters. The molecule has 0 aliphatic carbocycles. The van der Waals surface area contributed by atoms with Crippen LogP contribution in [0, 0.1) is 5.82 Å². The minimum atomic E-state index is -0.989. The van der Waals surface area contributed by atoms with Gasteiger partial charge in [0.05, 0.1) is 0 Å². The van der Waals surface area contributed by atoms with Gasteiger partial charge in [0, 0.05) is 50.2 Å². The van der Waals surface area contributed by atoms with Gasteiger partial charge in [-0.3, -0.25) is 4.90 Å². The zero-order valence-corrected chi connectivity index (χ0v) is 19.9. The number of piperazine rings is 1. The standard InChI is InChI=1S/C27H31FN4O3/c1-2-3-9-24-18-31(17-20-6-4-10-25(13-20)35-19-26(33)34)11-12-32(24)27-29-15-22(16-30-27)21-7-5-8-23(28)14-21/h4-8,10,13-16,24H,2-3,9,11-12,17-19H2,1H3,(H,33,34)/t24-/m0/s1. The summed E-state index contributed by atoms with van der Waals surface area (Å²) in [5.74, 6) is 0.00520. The van der Waals surface area contributed by atoms with Crippen LogP contribution in [-0.4, -0.2) is 58.2 Å². The third-order valence-electron chi connectivity index (χ3n) is 6.18. The van der Waals surface area contributed by atoms with E-state index in [1.165, 1.54) is 12.1 Å². The molecule has 4 rings (SSSR count). The van der Waals surface area contributed by atoms with Crippen LogP contribution in [0.2, 0.25) is 0 Å². The van der Waals surface area contributed by atoms with E-state index in [1.54, 1.807) is 24.5 Å². The fraction of sp³-hybridized carbons (Fsp3) is 0.370. The van der Waals surface area contributed by atoms with E-state index >= 15 is 0 Å². The van der Waals surface area contributed by atoms with Crippen molar-refractivity contribution in [1.29, 1.82) is 0 Å². The van der Waals surface area contributed by atoms with Gasteiger partial charge in [-0.15, -0.1) is 0 Å². The molecule has 35 heavy (non-hydrogen) atoms. The lowest BCUT2D eigenvalue weighted by Crippen LogP contribution is -2.53. The van der Waals surface area contributed by atoms with Gasteiger partial charge in [-0.05, 0) is 41.8 Å². The normalized spacial score (nSPS) is 16.3. The Balaban J connectivity index is 1.43. The monoisotopic (exact) mass is 478 g/mol. The predicted molar refractivity (Wildman–Crippen MR) is 133 cm³/mol. The number of aliphatic carboxylic acids is 1. The highest BCUT2D eigenvalue weighted by Crippen LogP contribution is 2.25. The van der Waals surface area contributed by atoms with Gasteiger partial charge in [0.25, 0.3) is 0 Å². The fourth-order valence-corrected chi connectivity index (χ4v) is 4.44. The van der Waals surface area contributed by atoms with E-state index in [4.69, 9.17) is 9.84 Å². The molecule has 0 saturated carbocycles. The van der Waals surface area contributed by atoms with Crippen LogP contribution < -0.4 is 9.64 Å². The molecule has 1 atom stereocenters. The predicted octanol–water partition coefficient (Wildman–Crippen LogP) is 4.63. The Morgan fingerprint density at radius 2 is 1.91 bits per heavy atom. The minimum absolute atomic E-state index is 0.277. The number of halogens is 1. The molecule has 1 aromatic heterocycles. The van der Waals surface area contributed by atoms with E-state index in [9.17, 15) is 9.18 Å². The van der Waals surface area contributed by atoms with Gasteiger partial charge in [-0.25, -0.2) is 19.2 Å². The topological polar surface area (TPSA) is 78.8 Å². The Bertz CT molecular complexity index is 1130. The molecule has 0 spiro atoms. The SMILES string of the molecule is CCCC[C@H]1CN(Cc2cccc(OCC(=O)O)c2)CCN1c1ncc(-c2cccc(F)c2)cn1. The van der Waals surface area contributed by atoms with Crippen LogP contribution in [0.3, 0.4) is 0 Å². The van der Waals surface area contributed by atoms with Crippen LogP contribution >= 0.6 is 0 Å². The molecule has 0 amide bonds. The third-order valence-corrected chi connectivity index (χ3v) is 6.18. The molecule has 1 N–H and O–H groups in total. The van der Waals surface area contributed by atoms with E-state index < -0.39 is 5.97 Å². The lowest BCUT2D eigenvalue weighted by Gasteiger charge is -2.41. The van der Waals surface area contributed by atoms with Crippen molar-refractivity contribution in [1.82, 2.24) is 14.9 Å². The van der Waals surface area contributed by atoms with Crippen molar-refractivity contribution in [2.24, 2.45) is 0 Å². The number of hydrogen-bond donors (Lipinski definition) is 1. The van der Waals surface area contributed by atoms with Crippen molar-refractivity contribution < 1.29 is 19.0 Å². The maximum Gasteiger partial charge on any atom is 0.341 e. The zero-order valence-electron chi connectivity index (χ0n) is 19.9. The zero-order chi connectivity index (χ0) is 24.6. The summed E-state index contributed by atoms with van der Waals surface area (Å²) in [5, 5.41) is 8.84. The lowest BCUT2D eigenvalue weighted by atomic mass is 10.0. The number of ether oxygens (including phenoxy) is 1. The number of anilines is 1. The highest BCUT2D eigenvalue weighted by atomic mass is 19.1. The van der Waals surface area contributed by atoms with Crippen LogP contribution in [0.1, 0.15) is 31.7 Å². The highest BCUT2D eigenvalue weighted by Gasteiger charge is 2.28. The molecule has 1 saturated heterocycles. The first kappa shape index (κ1) is 24.6. The van der Waals surface area contributed by atoms with Gasteiger partial charge >= 0.3 is 5.97 Å². The van der Waals surface area contributed by atoms with Crippen LogP contribution in [0.25, 0.3) is 11.1 Å². The molecule has 2 aromatic carbocycles. The maximum absolute atomic E-state index is 13.6. The van der Waals surface area contributed by atoms with Crippen molar-refractivity contribution in [2.75, 3.05) is 31.1 Å². The second-order valence-electron chi connectivity index (χ2n) is 8.84. The molecule has 8 heteroatoms. The summed E-state index contributed by atoms with van der Waals surface area (Å²) in [5.41, 5.74) is 2.65. The molecule has 7 nitrogen and oxygen atoms in total. The van der Waals surface area contributed by atoms with Crippen LogP contribution in [-0.2, 0) is 11.3 Å². The molecular formula is C27H31FN4O3. The smallest absolute Gasteiger partial charge is 0.341 e. The number of hydrogen-bond acceptors (Lipinski definition) is 6. The summed E-state index contributed by atoms with van der Waals surface area (Å²) in [6.45, 7) is 5.16. The molecule has 0 bridgehead atoms. The molecule has 0 radical (unpaired) electrons. The number of nitrogens with zero attached hydrogens (tertiary/aromatic N) is 4. The Hall–Kier alpha value is -3.52. The summed E-state index contributed by atoms with van der Waals surface area (Å²) in [6, 6.07) is 14.4. The fourth-order valence-electron chi connectivity index (χ4n) is 4.44. The number of benzene rings is 2. The van der Waals surface area contributed by atoms with Gasteiger partial charge in [0.2, 0.25) is 5.95 Å². The van der Waals surface area contributed by atoms with E-state index in [2.05, 4.69) is 26.7 Å². The lowest BCUT2D eigenvalue weighted by molar-refractivity contribution is -0.139. The first-order chi connectivity index (χ1) is 17.0. The van der Waals surface area contributed by atoms with Crippen molar-refractivity contribution >= 4 is 11.9 Å². The molecule has 2 heterocycles. The van der Waals surface area contributed by atoms with Gasteiger partial charge in [0.15, 0.2) is 6.61 Å². The number of aromatic nitrogens is 2. The number of carboxylic acid groups (broad SMARTS) is 1. The Morgan fingerprint density at radius 3 is 2.66 bits per heavy atom. The van der Waals surface area contributed by atoms with Gasteiger partial charge < -0.3 is 14.7 Å². The van der Waals surface area contributed by atoms with Crippen molar-refractivity contribution in [3.63, 3.8) is 0 Å². The number of carboxylic acids is 1. The number of unbranched alkanes of at least 4 members (excludes halogenated alkanes) is 1. The molecule has 1 aliphatic heterocycles. The summed E-state index contributed by atoms with van der Waals surface area (Å²) in [6.07, 6.45) is 6.82. The van der Waals surface area contributed by atoms with Gasteiger partial charge in [-0.1, -0.05) is 44.0 Å². The van der Waals surface area contributed by atoms with E-state index in [0.717, 1.165) is 62.1 Å². The summed E-state index contributed by atoms with van der Waals surface area (Å²) >= 11 is 0. The van der Waals surface area contributed by atoms with Gasteiger partial charge in [-0.2, -0.15) is 0 Å². The summed E-state index contributed by atoms with van der Waals surface area (Å²) in [7, 11) is 0. The average molecular weight is 479 g/mol. The second kappa shape index (κ2) is 11.8. The molecular weight excluding hydrogens is 447 g/mol. The van der Waals surface area contributed by atoms with E-state index in [-0.39, 0.29) is 18.5 Å². The van der Waals surface area contributed by atoms with E-state index in [1.807, 2.05) is 24.3 Å². The van der Waals surface area contributed by atoms with Crippen LogP contribution in [0.5, 0.6) is 5.75 Å². The summed E-state index contributed by atoms with van der Waals surface area (Å²) < 4.78 is 18.9. The van der Waals surface area contributed by atoms with Crippen molar-refractivity contribution in [3.05, 3.63) is 72.3 Å². The van der Waals surface area contributed by atoms with Crippen LogP contribution in [0.4, 0.5) is 10.3 Å². The second-order valence-corrected chi connectivity index (χ2v) is 8.84. The van der Waals surface area contributed by atoms with E-state index in [0.29, 0.717) is 11.7 Å². The molecule has 3 aromatic rings. The molecule has 184 valence electrons. The Labute approximate surface area is 205 Å². The quantitative estimate of drug-likeness (QED) is 0.455. The van der Waals surface area contributed by atoms with Gasteiger partial charge in [0.1, 0.15) is 11.6 Å². The first-order valence-electron chi connectivity index (χ1n) is 12.0. The Kier molecular flexibility index (Phi) is 8.26. The molecule has 1 fully saturated rings. The minimum Gasteiger partial charge on any atom is -0.482 e.